The summed E-state index contributed by atoms with van der Waals surface area (Å²) in [5.74, 6) is 0.372. The molecule has 3 rings (SSSR count). The van der Waals surface area contributed by atoms with Crippen LogP contribution in [0.2, 0.25) is 0 Å². The molecule has 2 aromatic carbocycles. The molecule has 1 heterocycles. The smallest absolute Gasteiger partial charge is 0.123 e. The lowest BCUT2D eigenvalue weighted by atomic mass is 10.0. The van der Waals surface area contributed by atoms with Gasteiger partial charge in [-0.3, -0.25) is 0 Å². The Hall–Kier alpha value is -1.70. The Kier molecular flexibility index (Phi) is 1.45. The molecule has 0 atom stereocenters. The van der Waals surface area contributed by atoms with Gasteiger partial charge >= 0.3 is 0 Å². The van der Waals surface area contributed by atoms with Crippen molar-refractivity contribution < 1.29 is 5.11 Å². The first-order chi connectivity index (χ1) is 6.86. The molecule has 0 aromatic heterocycles. The summed E-state index contributed by atoms with van der Waals surface area (Å²) in [5.41, 5.74) is 2.54. The van der Waals surface area contributed by atoms with Crippen LogP contribution in [0.5, 0.6) is 5.75 Å². The van der Waals surface area contributed by atoms with Gasteiger partial charge in [0.2, 0.25) is 0 Å². The van der Waals surface area contributed by atoms with Crippen molar-refractivity contribution in [2.24, 2.45) is 0 Å². The van der Waals surface area contributed by atoms with E-state index in [4.69, 9.17) is 0 Å². The summed E-state index contributed by atoms with van der Waals surface area (Å²) in [4.78, 5) is 0. The van der Waals surface area contributed by atoms with Crippen LogP contribution in [0.1, 0.15) is 5.56 Å². The van der Waals surface area contributed by atoms with E-state index in [9.17, 15) is 5.11 Å². The molecule has 0 spiro atoms. The number of benzene rings is 2. The van der Waals surface area contributed by atoms with E-state index >= 15 is 0 Å². The van der Waals surface area contributed by atoms with Gasteiger partial charge in [0.1, 0.15) is 5.75 Å². The van der Waals surface area contributed by atoms with Gasteiger partial charge in [-0.1, -0.05) is 12.1 Å². The second-order valence-corrected chi connectivity index (χ2v) is 3.64. The number of aromatic hydroxyl groups is 1. The molecule has 0 saturated heterocycles. The third-order valence-electron chi connectivity index (χ3n) is 2.84. The Morgan fingerprint density at radius 3 is 2.93 bits per heavy atom. The molecule has 1 aliphatic rings. The number of phenols is 1. The summed E-state index contributed by atoms with van der Waals surface area (Å²) in [6.07, 6.45) is 1.05. The molecule has 0 aliphatic carbocycles. The van der Waals surface area contributed by atoms with Crippen LogP contribution in [0.15, 0.2) is 30.3 Å². The lowest BCUT2D eigenvalue weighted by molar-refractivity contribution is 0.481. The monoisotopic (exact) mass is 185 g/mol. The highest BCUT2D eigenvalue weighted by molar-refractivity contribution is 5.94. The van der Waals surface area contributed by atoms with Crippen LogP contribution < -0.4 is 5.32 Å². The number of hydrogen-bond acceptors (Lipinski definition) is 2. The van der Waals surface area contributed by atoms with E-state index in [1.54, 1.807) is 6.07 Å². The van der Waals surface area contributed by atoms with Crippen LogP contribution in [-0.4, -0.2) is 11.7 Å². The third-order valence-corrected chi connectivity index (χ3v) is 2.84. The molecule has 2 aromatic rings. The zero-order valence-electron chi connectivity index (χ0n) is 7.75. The normalized spacial score (nSPS) is 14.0. The van der Waals surface area contributed by atoms with Crippen molar-refractivity contribution in [1.82, 2.24) is 0 Å². The van der Waals surface area contributed by atoms with Gasteiger partial charge in [0.05, 0.1) is 0 Å². The lowest BCUT2D eigenvalue weighted by Gasteiger charge is -2.05. The zero-order chi connectivity index (χ0) is 9.54. The van der Waals surface area contributed by atoms with Gasteiger partial charge in [-0.25, -0.2) is 0 Å². The number of phenolic OH excluding ortho intramolecular Hbond substituents is 1. The predicted octanol–water partition coefficient (Wildman–Crippen LogP) is 2.51. The summed E-state index contributed by atoms with van der Waals surface area (Å²) < 4.78 is 0. The van der Waals surface area contributed by atoms with Crippen molar-refractivity contribution in [3.8, 4) is 5.75 Å². The minimum Gasteiger partial charge on any atom is -0.507 e. The fourth-order valence-corrected chi connectivity index (χ4v) is 2.16. The van der Waals surface area contributed by atoms with E-state index in [1.807, 2.05) is 18.2 Å². The van der Waals surface area contributed by atoms with Gasteiger partial charge < -0.3 is 10.4 Å². The van der Waals surface area contributed by atoms with Gasteiger partial charge in [0.25, 0.3) is 0 Å². The number of fused-ring (bicyclic) bond motifs is 3. The van der Waals surface area contributed by atoms with Crippen LogP contribution >= 0.6 is 0 Å². The molecule has 0 radical (unpaired) electrons. The van der Waals surface area contributed by atoms with Crippen LogP contribution in [-0.2, 0) is 6.42 Å². The highest BCUT2D eigenvalue weighted by Gasteiger charge is 2.13. The molecule has 0 fully saturated rings. The van der Waals surface area contributed by atoms with Gasteiger partial charge in [-0.2, -0.15) is 0 Å². The minimum absolute atomic E-state index is 0.372. The van der Waals surface area contributed by atoms with Crippen LogP contribution in [0.3, 0.4) is 0 Å². The quantitative estimate of drug-likeness (QED) is 0.661. The second-order valence-electron chi connectivity index (χ2n) is 3.64. The highest BCUT2D eigenvalue weighted by atomic mass is 16.3. The van der Waals surface area contributed by atoms with Crippen LogP contribution in [0.4, 0.5) is 5.69 Å². The lowest BCUT2D eigenvalue weighted by Crippen LogP contribution is -1.90. The van der Waals surface area contributed by atoms with Crippen LogP contribution in [0.25, 0.3) is 10.8 Å². The number of rotatable bonds is 0. The van der Waals surface area contributed by atoms with E-state index in [2.05, 4.69) is 11.4 Å². The molecule has 0 amide bonds. The largest absolute Gasteiger partial charge is 0.507 e. The molecule has 70 valence electrons. The Morgan fingerprint density at radius 2 is 2.00 bits per heavy atom. The van der Waals surface area contributed by atoms with E-state index in [0.29, 0.717) is 5.75 Å². The van der Waals surface area contributed by atoms with Gasteiger partial charge in [0.15, 0.2) is 0 Å². The topological polar surface area (TPSA) is 32.3 Å². The van der Waals surface area contributed by atoms with Crippen molar-refractivity contribution in [2.75, 3.05) is 11.9 Å². The molecular weight excluding hydrogens is 174 g/mol. The van der Waals surface area contributed by atoms with E-state index in [1.165, 1.54) is 16.6 Å². The molecule has 0 unspecified atom stereocenters. The first-order valence-electron chi connectivity index (χ1n) is 4.84. The molecule has 2 nitrogen and oxygen atoms in total. The highest BCUT2D eigenvalue weighted by Crippen LogP contribution is 2.33. The van der Waals surface area contributed by atoms with Crippen molar-refractivity contribution in [1.29, 1.82) is 0 Å². The third kappa shape index (κ3) is 0.909. The van der Waals surface area contributed by atoms with Crippen molar-refractivity contribution in [3.05, 3.63) is 35.9 Å². The predicted molar refractivity (Wildman–Crippen MR) is 57.8 cm³/mol. The van der Waals surface area contributed by atoms with Gasteiger partial charge in [0, 0.05) is 17.6 Å². The van der Waals surface area contributed by atoms with E-state index in [-0.39, 0.29) is 0 Å². The van der Waals surface area contributed by atoms with E-state index in [0.717, 1.165) is 18.4 Å². The Balaban J connectivity index is 2.44. The summed E-state index contributed by atoms with van der Waals surface area (Å²) in [6.45, 7) is 1.00. The van der Waals surface area contributed by atoms with Crippen molar-refractivity contribution in [3.63, 3.8) is 0 Å². The van der Waals surface area contributed by atoms with E-state index < -0.39 is 0 Å². The molecular formula is C12H11NO. The molecule has 1 aliphatic heterocycles. The molecule has 2 heteroatoms. The standard InChI is InChI=1S/C12H11NO/c14-12-3-1-2-8-9-6-7-13-11(9)5-4-10(8)12/h1-5,13-14H,6-7H2. The minimum atomic E-state index is 0.372. The molecule has 0 saturated carbocycles. The first-order valence-corrected chi connectivity index (χ1v) is 4.84. The summed E-state index contributed by atoms with van der Waals surface area (Å²) in [6, 6.07) is 9.72. The number of anilines is 1. The summed E-state index contributed by atoms with van der Waals surface area (Å²) in [5, 5.41) is 15.1. The maximum atomic E-state index is 9.68. The number of hydrogen-bond donors (Lipinski definition) is 2. The Bertz CT molecular complexity index is 505. The zero-order valence-corrected chi connectivity index (χ0v) is 7.75. The summed E-state index contributed by atoms with van der Waals surface area (Å²) in [7, 11) is 0. The van der Waals surface area contributed by atoms with Crippen molar-refractivity contribution in [2.45, 2.75) is 6.42 Å². The first kappa shape index (κ1) is 7.68. The average Bonchev–Trinajstić information content (AvgIpc) is 2.66. The average molecular weight is 185 g/mol. The Morgan fingerprint density at radius 1 is 1.07 bits per heavy atom. The SMILES string of the molecule is Oc1cccc2c3c(ccc12)NCC3. The van der Waals surface area contributed by atoms with Gasteiger partial charge in [-0.05, 0) is 35.6 Å². The molecule has 14 heavy (non-hydrogen) atoms. The fourth-order valence-electron chi connectivity index (χ4n) is 2.16. The molecule has 0 bridgehead atoms. The molecule has 2 N–H and O–H groups in total. The summed E-state index contributed by atoms with van der Waals surface area (Å²) >= 11 is 0. The Labute approximate surface area is 82.2 Å². The fraction of sp³-hybridized carbons (Fsp3) is 0.167. The second kappa shape index (κ2) is 2.64. The van der Waals surface area contributed by atoms with Gasteiger partial charge in [-0.15, -0.1) is 0 Å². The maximum Gasteiger partial charge on any atom is 0.123 e. The van der Waals surface area contributed by atoms with Crippen molar-refractivity contribution >= 4 is 16.5 Å². The number of nitrogens with one attached hydrogen (secondary N) is 1. The maximum absolute atomic E-state index is 9.68. The van der Waals surface area contributed by atoms with Crippen LogP contribution in [0, 0.1) is 0 Å².